The van der Waals surface area contributed by atoms with Gasteiger partial charge in [0.25, 0.3) is 5.91 Å². The van der Waals surface area contributed by atoms with Crippen molar-refractivity contribution in [3.05, 3.63) is 86.4 Å². The van der Waals surface area contributed by atoms with Crippen LogP contribution >= 0.6 is 27.5 Å². The van der Waals surface area contributed by atoms with E-state index in [1.807, 2.05) is 32.0 Å². The Morgan fingerprint density at radius 2 is 1.83 bits per heavy atom. The normalized spacial score (nSPS) is 11.5. The van der Waals surface area contributed by atoms with E-state index >= 15 is 0 Å². The molecule has 0 saturated heterocycles. The first-order valence-electron chi connectivity index (χ1n) is 10.1. The smallest absolute Gasteiger partial charge is 0.339 e. The van der Waals surface area contributed by atoms with Gasteiger partial charge in [0.1, 0.15) is 16.5 Å². The molecule has 1 N–H and O–H groups in total. The highest BCUT2D eigenvalue weighted by Gasteiger charge is 2.22. The molecule has 1 amide bonds. The number of hydrogen-bond acceptors (Lipinski definition) is 6. The minimum absolute atomic E-state index is 0.0791. The van der Waals surface area contributed by atoms with Gasteiger partial charge in [-0.1, -0.05) is 23.7 Å². The molecule has 3 aromatic rings. The Kier molecular flexibility index (Phi) is 8.22. The second-order valence-electron chi connectivity index (χ2n) is 7.40. The van der Waals surface area contributed by atoms with E-state index in [1.165, 1.54) is 49.6 Å². The lowest BCUT2D eigenvalue weighted by Crippen LogP contribution is -2.14. The monoisotopic (exact) mass is 574 g/mol. The first-order chi connectivity index (χ1) is 16.6. The predicted molar refractivity (Wildman–Crippen MR) is 138 cm³/mol. The summed E-state index contributed by atoms with van der Waals surface area (Å²) in [5.41, 5.74) is 2.76. The third-order valence-corrected chi connectivity index (χ3v) is 7.15. The number of rotatable bonds is 7. The molecule has 0 bridgehead atoms. The van der Waals surface area contributed by atoms with Crippen LogP contribution in [-0.4, -0.2) is 21.4 Å². The van der Waals surface area contributed by atoms with Gasteiger partial charge in [-0.2, -0.15) is 13.7 Å². The van der Waals surface area contributed by atoms with Gasteiger partial charge < -0.3 is 14.2 Å². The van der Waals surface area contributed by atoms with Crippen molar-refractivity contribution in [3.8, 4) is 17.6 Å². The van der Waals surface area contributed by atoms with Crippen LogP contribution in [0.25, 0.3) is 6.08 Å². The highest BCUT2D eigenvalue weighted by molar-refractivity contribution is 9.10. The van der Waals surface area contributed by atoms with Gasteiger partial charge in [0, 0.05) is 10.7 Å². The average molecular weight is 576 g/mol. The Morgan fingerprint density at radius 3 is 2.46 bits per heavy atom. The van der Waals surface area contributed by atoms with Gasteiger partial charge in [0.15, 0.2) is 11.5 Å². The van der Waals surface area contributed by atoms with E-state index in [-0.39, 0.29) is 26.4 Å². The summed E-state index contributed by atoms with van der Waals surface area (Å²) in [7, 11) is -2.84. The molecule has 35 heavy (non-hydrogen) atoms. The topological polar surface area (TPSA) is 105 Å². The molecule has 7 nitrogen and oxygen atoms in total. The summed E-state index contributed by atoms with van der Waals surface area (Å²) in [5, 5.41) is 12.7. The van der Waals surface area contributed by atoms with Crippen LogP contribution in [-0.2, 0) is 14.9 Å². The van der Waals surface area contributed by atoms with Crippen molar-refractivity contribution in [2.45, 2.75) is 18.7 Å². The van der Waals surface area contributed by atoms with E-state index < -0.39 is 16.0 Å². The summed E-state index contributed by atoms with van der Waals surface area (Å²) >= 11 is 9.12. The number of anilines is 1. The zero-order chi connectivity index (χ0) is 25.8. The SMILES string of the molecule is COc1cc(/C=C(\C#N)C(=O)Nc2cccc(C)c2C)cc(Br)c1OS(=O)(=O)c1ccc(Cl)cc1. The number of hydrogen-bond donors (Lipinski definition) is 1. The van der Waals surface area contributed by atoms with Crippen molar-refractivity contribution in [2.24, 2.45) is 0 Å². The highest BCUT2D eigenvalue weighted by Crippen LogP contribution is 2.39. The van der Waals surface area contributed by atoms with Crippen LogP contribution in [0.4, 0.5) is 5.69 Å². The van der Waals surface area contributed by atoms with E-state index in [1.54, 1.807) is 6.07 Å². The number of carbonyl (C=O) groups is 1. The number of nitriles is 1. The molecule has 0 aliphatic rings. The first-order valence-corrected chi connectivity index (χ1v) is 12.7. The Bertz CT molecular complexity index is 1460. The van der Waals surface area contributed by atoms with Gasteiger partial charge in [0.05, 0.1) is 11.6 Å². The lowest BCUT2D eigenvalue weighted by molar-refractivity contribution is -0.112. The third kappa shape index (κ3) is 6.22. The number of amides is 1. The molecule has 0 aliphatic carbocycles. The zero-order valence-electron chi connectivity index (χ0n) is 18.9. The Balaban J connectivity index is 1.92. The number of benzene rings is 3. The molecular formula is C25H20BrClN2O5S. The van der Waals surface area contributed by atoms with Gasteiger partial charge in [-0.15, -0.1) is 0 Å². The largest absolute Gasteiger partial charge is 0.493 e. The van der Waals surface area contributed by atoms with Crippen LogP contribution in [0.2, 0.25) is 5.02 Å². The number of nitrogens with one attached hydrogen (secondary N) is 1. The Morgan fingerprint density at radius 1 is 1.14 bits per heavy atom. The van der Waals surface area contributed by atoms with Crippen LogP contribution < -0.4 is 14.2 Å². The molecule has 3 rings (SSSR count). The van der Waals surface area contributed by atoms with Crippen LogP contribution in [0.1, 0.15) is 16.7 Å². The van der Waals surface area contributed by atoms with Crippen LogP contribution in [0.5, 0.6) is 11.5 Å². The number of carbonyl (C=O) groups excluding carboxylic acids is 1. The van der Waals surface area contributed by atoms with Gasteiger partial charge in [-0.25, -0.2) is 0 Å². The van der Waals surface area contributed by atoms with Gasteiger partial charge >= 0.3 is 10.1 Å². The summed E-state index contributed by atoms with van der Waals surface area (Å²) in [4.78, 5) is 12.6. The van der Waals surface area contributed by atoms with Crippen LogP contribution in [0.15, 0.2) is 69.5 Å². The number of ether oxygens (including phenoxy) is 1. The summed E-state index contributed by atoms with van der Waals surface area (Å²) < 4.78 is 36.3. The summed E-state index contributed by atoms with van der Waals surface area (Å²) in [5.74, 6) is -0.588. The fourth-order valence-corrected chi connectivity index (χ4v) is 4.79. The maximum absolute atomic E-state index is 12.7. The fourth-order valence-electron chi connectivity index (χ4n) is 3.05. The van der Waals surface area contributed by atoms with Crippen molar-refractivity contribution in [1.82, 2.24) is 0 Å². The first kappa shape index (κ1) is 26.3. The van der Waals surface area contributed by atoms with Crippen molar-refractivity contribution in [1.29, 1.82) is 5.26 Å². The van der Waals surface area contributed by atoms with Gasteiger partial charge in [-0.05, 0) is 95.0 Å². The van der Waals surface area contributed by atoms with Crippen molar-refractivity contribution >= 4 is 55.3 Å². The lowest BCUT2D eigenvalue weighted by Gasteiger charge is -2.14. The molecule has 0 fully saturated rings. The van der Waals surface area contributed by atoms with E-state index in [0.29, 0.717) is 16.3 Å². The molecule has 0 aliphatic heterocycles. The van der Waals surface area contributed by atoms with E-state index in [4.69, 9.17) is 20.5 Å². The molecule has 3 aromatic carbocycles. The van der Waals surface area contributed by atoms with E-state index in [0.717, 1.165) is 11.1 Å². The van der Waals surface area contributed by atoms with Crippen molar-refractivity contribution in [3.63, 3.8) is 0 Å². The Labute approximate surface area is 217 Å². The second-order valence-corrected chi connectivity index (χ2v) is 10.2. The maximum Gasteiger partial charge on any atom is 0.339 e. The molecule has 0 radical (unpaired) electrons. The molecule has 180 valence electrons. The number of nitrogens with zero attached hydrogens (tertiary/aromatic N) is 1. The van der Waals surface area contributed by atoms with Gasteiger partial charge in [-0.3, -0.25) is 4.79 Å². The number of halogens is 2. The lowest BCUT2D eigenvalue weighted by atomic mass is 10.1. The van der Waals surface area contributed by atoms with Crippen molar-refractivity contribution in [2.75, 3.05) is 12.4 Å². The molecule has 0 unspecified atom stereocenters. The van der Waals surface area contributed by atoms with E-state index in [2.05, 4.69) is 21.2 Å². The molecular weight excluding hydrogens is 556 g/mol. The maximum atomic E-state index is 12.7. The number of methoxy groups -OCH3 is 1. The Hall–Kier alpha value is -3.32. The molecule has 0 heterocycles. The van der Waals surface area contributed by atoms with Gasteiger partial charge in [0.2, 0.25) is 0 Å². The summed E-state index contributed by atoms with van der Waals surface area (Å²) in [6.07, 6.45) is 1.37. The standard InChI is InChI=1S/C25H20BrClN2O5S/c1-15-5-4-6-22(16(15)2)29-25(30)18(14-28)11-17-12-21(26)24(23(13-17)33-3)34-35(31,32)20-9-7-19(27)8-10-20/h4-13H,1-3H3,(H,29,30)/b18-11+. The minimum atomic E-state index is -4.18. The summed E-state index contributed by atoms with van der Waals surface area (Å²) in [6.45, 7) is 3.80. The van der Waals surface area contributed by atoms with Crippen LogP contribution in [0.3, 0.4) is 0 Å². The molecule has 0 spiro atoms. The quantitative estimate of drug-likeness (QED) is 0.209. The number of aryl methyl sites for hydroxylation is 1. The zero-order valence-corrected chi connectivity index (χ0v) is 22.1. The predicted octanol–water partition coefficient (Wildman–Crippen LogP) is 6.04. The molecule has 0 atom stereocenters. The second kappa shape index (κ2) is 11.0. The van der Waals surface area contributed by atoms with E-state index in [9.17, 15) is 18.5 Å². The molecule has 10 heteroatoms. The summed E-state index contributed by atoms with van der Waals surface area (Å²) in [6, 6.07) is 15.9. The minimum Gasteiger partial charge on any atom is -0.493 e. The van der Waals surface area contributed by atoms with Crippen molar-refractivity contribution < 1.29 is 22.1 Å². The molecule has 0 aromatic heterocycles. The van der Waals surface area contributed by atoms with Crippen LogP contribution in [0, 0.1) is 25.2 Å². The third-order valence-electron chi connectivity index (χ3n) is 5.08. The fraction of sp³-hybridized carbons (Fsp3) is 0.120. The highest BCUT2D eigenvalue weighted by atomic mass is 79.9. The average Bonchev–Trinajstić information content (AvgIpc) is 2.82. The molecule has 0 saturated carbocycles.